The smallest absolute Gasteiger partial charge is 0.272 e. The topological polar surface area (TPSA) is 91.8 Å². The summed E-state index contributed by atoms with van der Waals surface area (Å²) in [6.45, 7) is 2.06. The van der Waals surface area contributed by atoms with E-state index in [1.54, 1.807) is 24.1 Å². The van der Waals surface area contributed by atoms with Gasteiger partial charge in [0.25, 0.3) is 5.91 Å². The lowest BCUT2D eigenvalue weighted by Crippen LogP contribution is -2.36. The average molecular weight is 262 g/mol. The molecule has 102 valence electrons. The number of hydrogen-bond acceptors (Lipinski definition) is 4. The Morgan fingerprint density at radius 3 is 2.74 bits per heavy atom. The maximum Gasteiger partial charge on any atom is 0.272 e. The van der Waals surface area contributed by atoms with Crippen molar-refractivity contribution in [2.45, 2.75) is 25.8 Å². The van der Waals surface area contributed by atoms with Crippen molar-refractivity contribution < 1.29 is 10.0 Å². The number of nitrogens with zero attached hydrogens (tertiary/aromatic N) is 3. The maximum absolute atomic E-state index is 12.2. The number of carbonyl (C=O) groups is 1. The molecule has 1 aliphatic carbocycles. The fourth-order valence-electron chi connectivity index (χ4n) is 1.99. The molecule has 1 fully saturated rings. The monoisotopic (exact) mass is 262 g/mol. The molecule has 2 rings (SSSR count). The molecule has 6 nitrogen and oxygen atoms in total. The van der Waals surface area contributed by atoms with Crippen LogP contribution in [0.3, 0.4) is 0 Å². The van der Waals surface area contributed by atoms with Gasteiger partial charge in [0, 0.05) is 24.8 Å². The average Bonchev–Trinajstić information content (AvgIpc) is 3.28. The Balaban J connectivity index is 2.10. The minimum atomic E-state index is -0.106. The number of pyridine rings is 1. The highest BCUT2D eigenvalue weighted by Gasteiger charge is 2.32. The van der Waals surface area contributed by atoms with Crippen LogP contribution in [0, 0.1) is 5.92 Å². The lowest BCUT2D eigenvalue weighted by Gasteiger charge is -2.24. The number of hydrogen-bond donors (Lipinski definition) is 2. The molecule has 19 heavy (non-hydrogen) atoms. The van der Waals surface area contributed by atoms with Crippen molar-refractivity contribution in [3.05, 3.63) is 29.6 Å². The van der Waals surface area contributed by atoms with Gasteiger partial charge >= 0.3 is 0 Å². The number of oxime groups is 1. The van der Waals surface area contributed by atoms with E-state index in [0.29, 0.717) is 17.2 Å². The summed E-state index contributed by atoms with van der Waals surface area (Å²) < 4.78 is 0. The lowest BCUT2D eigenvalue weighted by atomic mass is 10.1. The normalized spacial score (nSPS) is 17.1. The molecule has 1 aromatic rings. The second kappa shape index (κ2) is 5.26. The van der Waals surface area contributed by atoms with Gasteiger partial charge in [-0.2, -0.15) is 0 Å². The molecule has 6 heteroatoms. The maximum atomic E-state index is 12.2. The number of aromatic nitrogens is 1. The molecule has 1 aliphatic rings. The molecule has 1 heterocycles. The molecule has 3 N–H and O–H groups in total. The van der Waals surface area contributed by atoms with Gasteiger partial charge < -0.3 is 15.8 Å². The minimum absolute atomic E-state index is 0.0220. The van der Waals surface area contributed by atoms with Crippen LogP contribution in [0.25, 0.3) is 0 Å². The zero-order valence-corrected chi connectivity index (χ0v) is 11.1. The predicted molar refractivity (Wildman–Crippen MR) is 71.0 cm³/mol. The van der Waals surface area contributed by atoms with Crippen molar-refractivity contribution >= 4 is 11.7 Å². The van der Waals surface area contributed by atoms with Crippen LogP contribution >= 0.6 is 0 Å². The third kappa shape index (κ3) is 2.83. The summed E-state index contributed by atoms with van der Waals surface area (Å²) >= 11 is 0. The van der Waals surface area contributed by atoms with Crippen molar-refractivity contribution in [3.8, 4) is 0 Å². The standard InChI is InChI=1S/C13H18N4O2/c1-8(9-3-4-9)17(2)13(18)11-6-5-10(7-15-11)12(14)16-19/h5-9,19H,3-4H2,1-2H3,(H2,14,16). The van der Waals surface area contributed by atoms with E-state index in [-0.39, 0.29) is 17.8 Å². The highest BCUT2D eigenvalue weighted by atomic mass is 16.4. The highest BCUT2D eigenvalue weighted by Crippen LogP contribution is 2.34. The van der Waals surface area contributed by atoms with Gasteiger partial charge in [-0.05, 0) is 37.8 Å². The van der Waals surface area contributed by atoms with Gasteiger partial charge in [-0.1, -0.05) is 5.16 Å². The Bertz CT molecular complexity index is 494. The third-order valence-electron chi connectivity index (χ3n) is 3.62. The van der Waals surface area contributed by atoms with Crippen LogP contribution in [0.15, 0.2) is 23.5 Å². The molecule has 1 amide bonds. The number of carbonyl (C=O) groups excluding carboxylic acids is 1. The van der Waals surface area contributed by atoms with Crippen LogP contribution in [0.5, 0.6) is 0 Å². The van der Waals surface area contributed by atoms with Crippen LogP contribution in [0.1, 0.15) is 35.8 Å². The predicted octanol–water partition coefficient (Wildman–Crippen LogP) is 1.05. The van der Waals surface area contributed by atoms with E-state index in [1.165, 1.54) is 19.0 Å². The van der Waals surface area contributed by atoms with Crippen molar-refractivity contribution in [1.29, 1.82) is 0 Å². The molecule has 0 radical (unpaired) electrons. The number of amides is 1. The molecule has 0 aromatic carbocycles. The zero-order valence-electron chi connectivity index (χ0n) is 11.1. The Morgan fingerprint density at radius 1 is 1.58 bits per heavy atom. The van der Waals surface area contributed by atoms with Crippen molar-refractivity contribution in [3.63, 3.8) is 0 Å². The summed E-state index contributed by atoms with van der Waals surface area (Å²) in [5, 5.41) is 11.4. The van der Waals surface area contributed by atoms with Gasteiger partial charge in [-0.3, -0.25) is 9.78 Å². The summed E-state index contributed by atoms with van der Waals surface area (Å²) in [5.41, 5.74) is 6.29. The SMILES string of the molecule is CC(C1CC1)N(C)C(=O)c1ccc(C(N)=NO)cn1. The van der Waals surface area contributed by atoms with Crippen LogP contribution in [0.4, 0.5) is 0 Å². The second-order valence-electron chi connectivity index (χ2n) is 4.91. The van der Waals surface area contributed by atoms with E-state index >= 15 is 0 Å². The minimum Gasteiger partial charge on any atom is -0.409 e. The van der Waals surface area contributed by atoms with Gasteiger partial charge in [-0.25, -0.2) is 0 Å². The van der Waals surface area contributed by atoms with Gasteiger partial charge in [0.1, 0.15) is 5.69 Å². The summed E-state index contributed by atoms with van der Waals surface area (Å²) in [6.07, 6.45) is 3.81. The molecular weight excluding hydrogens is 244 g/mol. The van der Waals surface area contributed by atoms with Crippen LogP contribution < -0.4 is 5.73 Å². The molecular formula is C13H18N4O2. The van der Waals surface area contributed by atoms with Crippen molar-refractivity contribution in [1.82, 2.24) is 9.88 Å². The van der Waals surface area contributed by atoms with E-state index in [1.807, 2.05) is 0 Å². The van der Waals surface area contributed by atoms with Gasteiger partial charge in [-0.15, -0.1) is 0 Å². The largest absolute Gasteiger partial charge is 0.409 e. The second-order valence-corrected chi connectivity index (χ2v) is 4.91. The Kier molecular flexibility index (Phi) is 3.69. The van der Waals surface area contributed by atoms with E-state index in [9.17, 15) is 4.79 Å². The molecule has 0 aliphatic heterocycles. The van der Waals surface area contributed by atoms with E-state index in [0.717, 1.165) is 0 Å². The molecule has 0 spiro atoms. The first-order valence-corrected chi connectivity index (χ1v) is 6.25. The fourth-order valence-corrected chi connectivity index (χ4v) is 1.99. The van der Waals surface area contributed by atoms with Crippen molar-refractivity contribution in [2.24, 2.45) is 16.8 Å². The van der Waals surface area contributed by atoms with E-state index < -0.39 is 0 Å². The molecule has 1 atom stereocenters. The molecule has 1 saturated carbocycles. The third-order valence-corrected chi connectivity index (χ3v) is 3.62. The summed E-state index contributed by atoms with van der Waals surface area (Å²) in [7, 11) is 1.80. The Morgan fingerprint density at radius 2 is 2.26 bits per heavy atom. The lowest BCUT2D eigenvalue weighted by molar-refractivity contribution is 0.0721. The van der Waals surface area contributed by atoms with Crippen LogP contribution in [0.2, 0.25) is 0 Å². The van der Waals surface area contributed by atoms with Gasteiger partial charge in [0.05, 0.1) is 0 Å². The quantitative estimate of drug-likeness (QED) is 0.367. The first kappa shape index (κ1) is 13.3. The summed E-state index contributed by atoms with van der Waals surface area (Å²) in [5.74, 6) is 0.488. The van der Waals surface area contributed by atoms with E-state index in [2.05, 4.69) is 17.1 Å². The molecule has 0 saturated heterocycles. The van der Waals surface area contributed by atoms with Gasteiger partial charge in [0.15, 0.2) is 5.84 Å². The molecule has 1 aromatic heterocycles. The zero-order chi connectivity index (χ0) is 14.0. The van der Waals surface area contributed by atoms with Crippen LogP contribution in [-0.2, 0) is 0 Å². The fraction of sp³-hybridized carbons (Fsp3) is 0.462. The summed E-state index contributed by atoms with van der Waals surface area (Å²) in [4.78, 5) is 18.0. The number of nitrogens with two attached hydrogens (primary N) is 1. The Hall–Kier alpha value is -2.11. The highest BCUT2D eigenvalue weighted by molar-refractivity contribution is 5.98. The van der Waals surface area contributed by atoms with E-state index in [4.69, 9.17) is 10.9 Å². The summed E-state index contributed by atoms with van der Waals surface area (Å²) in [6, 6.07) is 3.44. The van der Waals surface area contributed by atoms with Crippen LogP contribution in [-0.4, -0.2) is 39.9 Å². The Labute approximate surface area is 111 Å². The first-order valence-electron chi connectivity index (χ1n) is 6.25. The number of rotatable bonds is 4. The first-order chi connectivity index (χ1) is 9.04. The number of amidine groups is 1. The van der Waals surface area contributed by atoms with Crippen molar-refractivity contribution in [2.75, 3.05) is 7.05 Å². The van der Waals surface area contributed by atoms with Gasteiger partial charge in [0.2, 0.25) is 0 Å². The molecule has 0 bridgehead atoms. The molecule has 1 unspecified atom stereocenters.